The molecule has 6 nitrogen and oxygen atoms in total. The van der Waals surface area contributed by atoms with Crippen molar-refractivity contribution in [3.05, 3.63) is 44.8 Å². The lowest BCUT2D eigenvalue weighted by atomic mass is 10.1. The van der Waals surface area contributed by atoms with Gasteiger partial charge in [0.25, 0.3) is 5.69 Å². The van der Waals surface area contributed by atoms with Gasteiger partial charge in [-0.3, -0.25) is 10.1 Å². The number of carboxylic acid groups (broad SMARTS) is 1. The molecular formula is C12H10N2O4S. The number of nitrogens with two attached hydrogens (primary N) is 1. The molecule has 0 bridgehead atoms. The van der Waals surface area contributed by atoms with Gasteiger partial charge in [0, 0.05) is 16.5 Å². The van der Waals surface area contributed by atoms with E-state index in [0.717, 1.165) is 11.3 Å². The molecule has 0 atom stereocenters. The predicted molar refractivity (Wildman–Crippen MR) is 72.5 cm³/mol. The zero-order valence-electron chi connectivity index (χ0n) is 9.91. The van der Waals surface area contributed by atoms with Crippen LogP contribution in [0.2, 0.25) is 0 Å². The fourth-order valence-electron chi connectivity index (χ4n) is 1.67. The molecule has 0 fully saturated rings. The molecule has 19 heavy (non-hydrogen) atoms. The van der Waals surface area contributed by atoms with Gasteiger partial charge in [-0.15, -0.1) is 11.3 Å². The van der Waals surface area contributed by atoms with Crippen LogP contribution in [0.1, 0.15) is 15.2 Å². The summed E-state index contributed by atoms with van der Waals surface area (Å²) in [7, 11) is 0. The van der Waals surface area contributed by atoms with Crippen molar-refractivity contribution in [2.45, 2.75) is 6.92 Å². The van der Waals surface area contributed by atoms with Gasteiger partial charge in [0.15, 0.2) is 0 Å². The van der Waals surface area contributed by atoms with Crippen LogP contribution in [0.25, 0.3) is 10.4 Å². The summed E-state index contributed by atoms with van der Waals surface area (Å²) in [5.41, 5.74) is 6.90. The zero-order valence-corrected chi connectivity index (χ0v) is 10.7. The quantitative estimate of drug-likeness (QED) is 0.663. The van der Waals surface area contributed by atoms with Crippen LogP contribution in [-0.4, -0.2) is 16.0 Å². The van der Waals surface area contributed by atoms with Crippen molar-refractivity contribution in [2.75, 3.05) is 5.73 Å². The third-order valence-electron chi connectivity index (χ3n) is 2.65. The van der Waals surface area contributed by atoms with Crippen molar-refractivity contribution in [1.82, 2.24) is 0 Å². The minimum Gasteiger partial charge on any atom is -0.477 e. The van der Waals surface area contributed by atoms with Crippen molar-refractivity contribution >= 4 is 28.7 Å². The molecule has 0 aliphatic heterocycles. The third kappa shape index (κ3) is 2.41. The number of benzene rings is 1. The van der Waals surface area contributed by atoms with Gasteiger partial charge in [-0.25, -0.2) is 4.79 Å². The first-order valence-electron chi connectivity index (χ1n) is 5.28. The summed E-state index contributed by atoms with van der Waals surface area (Å²) in [4.78, 5) is 22.0. The van der Waals surface area contributed by atoms with Gasteiger partial charge in [0.05, 0.1) is 10.6 Å². The first-order chi connectivity index (χ1) is 8.90. The Bertz CT molecular complexity index is 678. The Balaban J connectivity index is 2.53. The zero-order chi connectivity index (χ0) is 14.2. The Labute approximate surface area is 112 Å². The molecule has 0 amide bonds. The Morgan fingerprint density at radius 2 is 2.11 bits per heavy atom. The summed E-state index contributed by atoms with van der Waals surface area (Å²) in [6, 6.07) is 6.28. The molecular weight excluding hydrogens is 268 g/mol. The maximum atomic E-state index is 10.9. The Morgan fingerprint density at radius 1 is 1.42 bits per heavy atom. The van der Waals surface area contributed by atoms with E-state index in [1.807, 2.05) is 0 Å². The number of anilines is 1. The second-order valence-electron chi connectivity index (χ2n) is 3.96. The summed E-state index contributed by atoms with van der Waals surface area (Å²) in [6.07, 6.45) is 0. The lowest BCUT2D eigenvalue weighted by molar-refractivity contribution is -0.385. The van der Waals surface area contributed by atoms with Crippen molar-refractivity contribution in [3.63, 3.8) is 0 Å². The number of nitro groups is 1. The van der Waals surface area contributed by atoms with E-state index in [1.165, 1.54) is 12.1 Å². The van der Waals surface area contributed by atoms with Gasteiger partial charge >= 0.3 is 5.97 Å². The number of aromatic carboxylic acids is 1. The molecule has 0 saturated carbocycles. The van der Waals surface area contributed by atoms with Crippen molar-refractivity contribution in [3.8, 4) is 10.4 Å². The second-order valence-corrected chi connectivity index (χ2v) is 5.01. The van der Waals surface area contributed by atoms with E-state index in [-0.39, 0.29) is 16.3 Å². The normalized spacial score (nSPS) is 10.4. The number of hydrogen-bond donors (Lipinski definition) is 2. The number of thiophene rings is 1. The van der Waals surface area contributed by atoms with Crippen LogP contribution in [0.3, 0.4) is 0 Å². The number of nitrogens with zero attached hydrogens (tertiary/aromatic N) is 1. The fraction of sp³-hybridized carbons (Fsp3) is 0.0833. The Kier molecular flexibility index (Phi) is 3.22. The summed E-state index contributed by atoms with van der Waals surface area (Å²) < 4.78 is 0. The highest BCUT2D eigenvalue weighted by Crippen LogP contribution is 2.35. The van der Waals surface area contributed by atoms with Gasteiger partial charge in [-0.2, -0.15) is 0 Å². The van der Waals surface area contributed by atoms with Crippen LogP contribution in [0, 0.1) is 17.0 Å². The second kappa shape index (κ2) is 4.69. The van der Waals surface area contributed by atoms with Crippen LogP contribution in [0.15, 0.2) is 24.3 Å². The molecule has 1 aromatic heterocycles. The van der Waals surface area contributed by atoms with Gasteiger partial charge in [-0.05, 0) is 18.6 Å². The number of hydrogen-bond acceptors (Lipinski definition) is 5. The van der Waals surface area contributed by atoms with Crippen molar-refractivity contribution in [1.29, 1.82) is 0 Å². The number of aryl methyl sites for hydroxylation is 1. The molecule has 0 aliphatic carbocycles. The number of nitrogen functional groups attached to an aromatic ring is 1. The highest BCUT2D eigenvalue weighted by atomic mass is 32.1. The van der Waals surface area contributed by atoms with Crippen molar-refractivity contribution < 1.29 is 14.8 Å². The standard InChI is InChI=1S/C12H10N2O4S/c1-6-2-3-7(4-9(6)14(17)18)10-5-8(13)11(19-10)12(15)16/h2-5H,13H2,1H3,(H,15,16). The monoisotopic (exact) mass is 278 g/mol. The number of carboxylic acids is 1. The van der Waals surface area contributed by atoms with Crippen LogP contribution >= 0.6 is 11.3 Å². The fourth-order valence-corrected chi connectivity index (χ4v) is 2.59. The third-order valence-corrected chi connectivity index (χ3v) is 3.83. The van der Waals surface area contributed by atoms with E-state index >= 15 is 0 Å². The molecule has 1 heterocycles. The molecule has 1 aromatic carbocycles. The molecule has 0 radical (unpaired) electrons. The van der Waals surface area contributed by atoms with Gasteiger partial charge in [0.1, 0.15) is 4.88 Å². The van der Waals surface area contributed by atoms with Crippen LogP contribution in [0.5, 0.6) is 0 Å². The van der Waals surface area contributed by atoms with Gasteiger partial charge < -0.3 is 10.8 Å². The van der Waals surface area contributed by atoms with Crippen LogP contribution in [-0.2, 0) is 0 Å². The van der Waals surface area contributed by atoms with E-state index in [2.05, 4.69) is 0 Å². The van der Waals surface area contributed by atoms with E-state index in [0.29, 0.717) is 16.0 Å². The molecule has 2 rings (SSSR count). The number of rotatable bonds is 3. The molecule has 0 spiro atoms. The lowest BCUT2D eigenvalue weighted by Gasteiger charge is -2.00. The topological polar surface area (TPSA) is 106 Å². The Hall–Kier alpha value is -2.41. The van der Waals surface area contributed by atoms with E-state index in [1.54, 1.807) is 19.1 Å². The summed E-state index contributed by atoms with van der Waals surface area (Å²) in [6.45, 7) is 1.65. The minimum atomic E-state index is -1.10. The number of carbonyl (C=O) groups is 1. The highest BCUT2D eigenvalue weighted by molar-refractivity contribution is 7.17. The maximum Gasteiger partial charge on any atom is 0.348 e. The van der Waals surface area contributed by atoms with Crippen molar-refractivity contribution in [2.24, 2.45) is 0 Å². The smallest absolute Gasteiger partial charge is 0.348 e. The maximum absolute atomic E-state index is 10.9. The SMILES string of the molecule is Cc1ccc(-c2cc(N)c(C(=O)O)s2)cc1[N+](=O)[O-]. The van der Waals surface area contributed by atoms with E-state index in [9.17, 15) is 14.9 Å². The first-order valence-corrected chi connectivity index (χ1v) is 6.10. The summed E-state index contributed by atoms with van der Waals surface area (Å²) in [5, 5.41) is 19.8. The first kappa shape index (κ1) is 13.0. The van der Waals surface area contributed by atoms with E-state index in [4.69, 9.17) is 10.8 Å². The van der Waals surface area contributed by atoms with Gasteiger partial charge in [0.2, 0.25) is 0 Å². The molecule has 7 heteroatoms. The summed E-state index contributed by atoms with van der Waals surface area (Å²) >= 11 is 1.000. The molecule has 3 N–H and O–H groups in total. The van der Waals surface area contributed by atoms with E-state index < -0.39 is 10.9 Å². The van der Waals surface area contributed by atoms with Crippen LogP contribution in [0.4, 0.5) is 11.4 Å². The van der Waals surface area contributed by atoms with Gasteiger partial charge in [-0.1, -0.05) is 12.1 Å². The molecule has 0 saturated heterocycles. The molecule has 0 aliphatic rings. The lowest BCUT2D eigenvalue weighted by Crippen LogP contribution is -1.96. The average Bonchev–Trinajstić information content (AvgIpc) is 2.71. The highest BCUT2D eigenvalue weighted by Gasteiger charge is 2.17. The molecule has 0 unspecified atom stereocenters. The van der Waals surface area contributed by atoms with Crippen LogP contribution < -0.4 is 5.73 Å². The molecule has 98 valence electrons. The largest absolute Gasteiger partial charge is 0.477 e. The summed E-state index contributed by atoms with van der Waals surface area (Å²) in [5.74, 6) is -1.10. The minimum absolute atomic E-state index is 0.00125. The number of nitro benzene ring substituents is 1. The molecule has 2 aromatic rings. The average molecular weight is 278 g/mol. The Morgan fingerprint density at radius 3 is 2.63 bits per heavy atom. The predicted octanol–water partition coefficient (Wildman–Crippen LogP) is 2.91.